The molecule has 0 aliphatic carbocycles. The molecule has 0 N–H and O–H groups in total. The summed E-state index contributed by atoms with van der Waals surface area (Å²) in [6.07, 6.45) is 23.6. The van der Waals surface area contributed by atoms with Crippen molar-refractivity contribution in [2.75, 3.05) is 19.6 Å². The van der Waals surface area contributed by atoms with Crippen molar-refractivity contribution >= 4 is 0 Å². The van der Waals surface area contributed by atoms with Crippen LogP contribution in [0.5, 0.6) is 0 Å². The highest BCUT2D eigenvalue weighted by Gasteiger charge is 1.99. The van der Waals surface area contributed by atoms with E-state index in [9.17, 15) is 0 Å². The molecule has 25 heavy (non-hydrogen) atoms. The average molecular weight is 338 g/mol. The van der Waals surface area contributed by atoms with Crippen molar-refractivity contribution in [1.29, 1.82) is 0 Å². The van der Waals surface area contributed by atoms with E-state index in [1.165, 1.54) is 25.7 Å². The van der Waals surface area contributed by atoms with E-state index in [1.54, 1.807) is 0 Å². The second-order valence-corrected chi connectivity index (χ2v) is 6.30. The number of hydrogen-bond acceptors (Lipinski definition) is 1. The van der Waals surface area contributed by atoms with Crippen molar-refractivity contribution < 1.29 is 0 Å². The van der Waals surface area contributed by atoms with Crippen LogP contribution in [0.3, 0.4) is 0 Å². The zero-order valence-corrected chi connectivity index (χ0v) is 16.2. The van der Waals surface area contributed by atoms with Crippen molar-refractivity contribution in [3.63, 3.8) is 0 Å². The molecule has 0 rings (SSSR count). The molecular formula is C24H35N. The zero-order chi connectivity index (χ0) is 18.4. The van der Waals surface area contributed by atoms with Gasteiger partial charge in [0, 0.05) is 32.2 Å². The Labute approximate surface area is 157 Å². The molecule has 0 bridgehead atoms. The Morgan fingerprint density at radius 1 is 0.600 bits per heavy atom. The van der Waals surface area contributed by atoms with E-state index in [1.807, 2.05) is 0 Å². The number of nitrogens with zero attached hydrogens (tertiary/aromatic N) is 1. The summed E-state index contributed by atoms with van der Waals surface area (Å²) in [6.45, 7) is 4.98. The van der Waals surface area contributed by atoms with Crippen LogP contribution in [0.25, 0.3) is 0 Å². The number of rotatable bonds is 13. The lowest BCUT2D eigenvalue weighted by molar-refractivity contribution is 0.338. The third-order valence-electron chi connectivity index (χ3n) is 3.93. The minimum absolute atomic E-state index is 0.835. The zero-order valence-electron chi connectivity index (χ0n) is 16.2. The van der Waals surface area contributed by atoms with Gasteiger partial charge in [0.2, 0.25) is 0 Å². The van der Waals surface area contributed by atoms with Gasteiger partial charge < -0.3 is 0 Å². The smallest absolute Gasteiger partial charge is 0.0609 e. The largest absolute Gasteiger partial charge is 0.281 e. The van der Waals surface area contributed by atoms with E-state index < -0.39 is 0 Å². The van der Waals surface area contributed by atoms with Gasteiger partial charge in [-0.15, -0.1) is 36.5 Å². The standard InChI is InChI=1S/C24H35N/c1-4-7-10-12-14-16-18-20-23-25(22-9-6-3)24-21-19-17-15-13-11-8-5-2/h1-2H,6-17,22-24H2,3H3. The molecule has 0 radical (unpaired) electrons. The first-order valence-electron chi connectivity index (χ1n) is 9.85. The van der Waals surface area contributed by atoms with Crippen LogP contribution in [0.1, 0.15) is 84.0 Å². The number of unbranched alkanes of at least 4 members (excludes halogenated alkanes) is 9. The van der Waals surface area contributed by atoms with Gasteiger partial charge in [0.15, 0.2) is 0 Å². The minimum Gasteiger partial charge on any atom is -0.281 e. The van der Waals surface area contributed by atoms with Crippen LogP contribution in [0, 0.1) is 48.4 Å². The predicted molar refractivity (Wildman–Crippen MR) is 111 cm³/mol. The SMILES string of the molecule is C#CCCCCCC#CCN(CC#CCCCCCC#C)CCCC. The molecule has 1 heteroatoms. The van der Waals surface area contributed by atoms with E-state index in [-0.39, 0.29) is 0 Å². The monoisotopic (exact) mass is 337 g/mol. The summed E-state index contributed by atoms with van der Waals surface area (Å²) in [5.41, 5.74) is 0. The van der Waals surface area contributed by atoms with Crippen molar-refractivity contribution in [2.45, 2.75) is 84.0 Å². The van der Waals surface area contributed by atoms with Crippen molar-refractivity contribution in [3.8, 4) is 48.4 Å². The highest BCUT2D eigenvalue weighted by Crippen LogP contribution is 2.02. The van der Waals surface area contributed by atoms with E-state index in [0.717, 1.165) is 71.0 Å². The first kappa shape index (κ1) is 23.2. The molecule has 136 valence electrons. The van der Waals surface area contributed by atoms with E-state index >= 15 is 0 Å². The van der Waals surface area contributed by atoms with Gasteiger partial charge in [0.05, 0.1) is 13.1 Å². The summed E-state index contributed by atoms with van der Waals surface area (Å²) in [5, 5.41) is 0. The molecule has 0 aromatic carbocycles. The third kappa shape index (κ3) is 18.4. The first-order chi connectivity index (χ1) is 12.3. The molecule has 0 amide bonds. The van der Waals surface area contributed by atoms with Crippen molar-refractivity contribution in [2.24, 2.45) is 0 Å². The Balaban J connectivity index is 3.93. The first-order valence-corrected chi connectivity index (χ1v) is 9.85. The van der Waals surface area contributed by atoms with Crippen LogP contribution in [-0.2, 0) is 0 Å². The summed E-state index contributed by atoms with van der Waals surface area (Å²) in [6, 6.07) is 0. The molecule has 0 unspecified atom stereocenters. The Hall–Kier alpha value is -1.80. The summed E-state index contributed by atoms with van der Waals surface area (Å²) < 4.78 is 0. The summed E-state index contributed by atoms with van der Waals surface area (Å²) in [4.78, 5) is 2.36. The molecule has 0 saturated heterocycles. The molecule has 0 saturated carbocycles. The number of terminal acetylenes is 2. The quantitative estimate of drug-likeness (QED) is 0.327. The fraction of sp³-hybridized carbons (Fsp3) is 0.667. The predicted octanol–water partition coefficient (Wildman–Crippen LogP) is 5.26. The maximum absolute atomic E-state index is 5.25. The van der Waals surface area contributed by atoms with Gasteiger partial charge in [-0.1, -0.05) is 38.0 Å². The van der Waals surface area contributed by atoms with Gasteiger partial charge in [0.1, 0.15) is 0 Å². The fourth-order valence-corrected chi connectivity index (χ4v) is 2.34. The third-order valence-corrected chi connectivity index (χ3v) is 3.93. The Morgan fingerprint density at radius 2 is 1.08 bits per heavy atom. The molecule has 1 nitrogen and oxygen atoms in total. The molecule has 0 aliphatic rings. The minimum atomic E-state index is 0.835. The maximum atomic E-state index is 5.25. The van der Waals surface area contributed by atoms with E-state index in [0.29, 0.717) is 0 Å². The van der Waals surface area contributed by atoms with Crippen LogP contribution in [0.4, 0.5) is 0 Å². The molecule has 0 aromatic rings. The Kier molecular flexibility index (Phi) is 18.8. The second kappa shape index (κ2) is 20.2. The lowest BCUT2D eigenvalue weighted by atomic mass is 10.1. The average Bonchev–Trinajstić information content (AvgIpc) is 2.63. The summed E-state index contributed by atoms with van der Waals surface area (Å²) >= 11 is 0. The Morgan fingerprint density at radius 3 is 1.52 bits per heavy atom. The molecule has 0 heterocycles. The van der Waals surface area contributed by atoms with Gasteiger partial charge in [-0.2, -0.15) is 0 Å². The van der Waals surface area contributed by atoms with Gasteiger partial charge in [-0.05, 0) is 32.1 Å². The van der Waals surface area contributed by atoms with E-state index in [2.05, 4.69) is 47.3 Å². The highest BCUT2D eigenvalue weighted by molar-refractivity contribution is 5.05. The van der Waals surface area contributed by atoms with Crippen LogP contribution in [0.15, 0.2) is 0 Å². The van der Waals surface area contributed by atoms with Gasteiger partial charge in [-0.3, -0.25) is 4.90 Å². The van der Waals surface area contributed by atoms with Crippen LogP contribution < -0.4 is 0 Å². The van der Waals surface area contributed by atoms with Crippen molar-refractivity contribution in [1.82, 2.24) is 4.90 Å². The lowest BCUT2D eigenvalue weighted by Crippen LogP contribution is -2.25. The van der Waals surface area contributed by atoms with Crippen molar-refractivity contribution in [3.05, 3.63) is 0 Å². The number of hydrogen-bond donors (Lipinski definition) is 0. The summed E-state index contributed by atoms with van der Waals surface area (Å²) in [7, 11) is 0. The van der Waals surface area contributed by atoms with Gasteiger partial charge in [0.25, 0.3) is 0 Å². The lowest BCUT2D eigenvalue weighted by Gasteiger charge is -2.15. The molecule has 0 atom stereocenters. The molecule has 0 aromatic heterocycles. The van der Waals surface area contributed by atoms with Crippen LogP contribution in [-0.4, -0.2) is 24.5 Å². The fourth-order valence-electron chi connectivity index (χ4n) is 2.34. The molecular weight excluding hydrogens is 302 g/mol. The maximum Gasteiger partial charge on any atom is 0.0609 e. The highest BCUT2D eigenvalue weighted by atomic mass is 15.1. The summed E-state index contributed by atoms with van der Waals surface area (Å²) in [5.74, 6) is 18.6. The molecule has 0 spiro atoms. The van der Waals surface area contributed by atoms with Crippen LogP contribution in [0.2, 0.25) is 0 Å². The van der Waals surface area contributed by atoms with Crippen LogP contribution >= 0.6 is 0 Å². The molecule has 0 fully saturated rings. The van der Waals surface area contributed by atoms with E-state index in [4.69, 9.17) is 12.8 Å². The molecule has 0 aliphatic heterocycles. The van der Waals surface area contributed by atoms with Gasteiger partial charge in [-0.25, -0.2) is 0 Å². The van der Waals surface area contributed by atoms with Gasteiger partial charge >= 0.3 is 0 Å². The second-order valence-electron chi connectivity index (χ2n) is 6.30. The normalized spacial score (nSPS) is 9.44. The Bertz CT molecular complexity index is 451. The topological polar surface area (TPSA) is 3.24 Å².